The Morgan fingerprint density at radius 3 is 2.68 bits per heavy atom. The van der Waals surface area contributed by atoms with Crippen LogP contribution in [0.25, 0.3) is 0 Å². The van der Waals surface area contributed by atoms with Crippen LogP contribution in [0.4, 0.5) is 4.39 Å². The van der Waals surface area contributed by atoms with E-state index >= 15 is 0 Å². The van der Waals surface area contributed by atoms with Crippen molar-refractivity contribution in [1.29, 1.82) is 0 Å². The van der Waals surface area contributed by atoms with Crippen molar-refractivity contribution in [3.05, 3.63) is 35.4 Å². The molecule has 0 spiro atoms. The Morgan fingerprint density at radius 2 is 1.95 bits per heavy atom. The molecule has 0 bridgehead atoms. The normalized spacial score (nSPS) is 28.3. The lowest BCUT2D eigenvalue weighted by molar-refractivity contribution is -0.135. The smallest absolute Gasteiger partial charge is 0.247 e. The zero-order valence-corrected chi connectivity index (χ0v) is 11.0. The summed E-state index contributed by atoms with van der Waals surface area (Å²) in [6, 6.07) is 7.32. The van der Waals surface area contributed by atoms with E-state index in [0.717, 1.165) is 18.7 Å². The molecule has 0 N–H and O–H groups in total. The van der Waals surface area contributed by atoms with Crippen molar-refractivity contribution in [3.63, 3.8) is 0 Å². The minimum absolute atomic E-state index is 0.447. The van der Waals surface area contributed by atoms with Crippen molar-refractivity contribution in [2.24, 2.45) is 0 Å². The molecule has 19 heavy (non-hydrogen) atoms. The Labute approximate surface area is 113 Å². The minimum atomic E-state index is -1.95. The number of rotatable bonds is 3. The molecule has 1 atom stereocenters. The predicted octanol–water partition coefficient (Wildman–Crippen LogP) is 2.27. The van der Waals surface area contributed by atoms with Gasteiger partial charge in [-0.25, -0.2) is 9.29 Å². The van der Waals surface area contributed by atoms with Crippen LogP contribution in [-0.4, -0.2) is 35.8 Å². The summed E-state index contributed by atoms with van der Waals surface area (Å²) in [5.74, 6) is -1.95. The van der Waals surface area contributed by atoms with Gasteiger partial charge in [0.05, 0.1) is 6.67 Å². The van der Waals surface area contributed by atoms with E-state index < -0.39 is 5.79 Å². The number of carbonyl (C=O) groups is 1. The van der Waals surface area contributed by atoms with Gasteiger partial charge in [0.25, 0.3) is 0 Å². The Kier molecular flexibility index (Phi) is 3.37. The highest BCUT2D eigenvalue weighted by Crippen LogP contribution is 2.39. The maximum Gasteiger partial charge on any atom is 0.247 e. The number of alkyl halides is 1. The summed E-state index contributed by atoms with van der Waals surface area (Å²) in [6.45, 7) is 3.05. The van der Waals surface area contributed by atoms with Crippen LogP contribution in [0.15, 0.2) is 24.3 Å². The summed E-state index contributed by atoms with van der Waals surface area (Å²) in [5.41, 5.74) is 1.44. The average molecular weight is 262 g/mol. The first-order valence-corrected chi connectivity index (χ1v) is 6.95. The van der Waals surface area contributed by atoms with Gasteiger partial charge in [0, 0.05) is 12.1 Å². The zero-order valence-electron chi connectivity index (χ0n) is 11.0. The van der Waals surface area contributed by atoms with Gasteiger partial charge in [0.1, 0.15) is 0 Å². The second kappa shape index (κ2) is 5.02. The van der Waals surface area contributed by atoms with Crippen LogP contribution in [0.5, 0.6) is 0 Å². The molecule has 1 unspecified atom stereocenters. The maximum atomic E-state index is 15.0. The third kappa shape index (κ3) is 2.19. The van der Waals surface area contributed by atoms with Crippen molar-refractivity contribution < 1.29 is 9.18 Å². The van der Waals surface area contributed by atoms with Crippen LogP contribution in [0, 0.1) is 0 Å². The van der Waals surface area contributed by atoms with Crippen molar-refractivity contribution in [1.82, 2.24) is 9.80 Å². The number of benzene rings is 1. The number of nitrogens with zero attached hydrogens (tertiary/aromatic N) is 2. The fourth-order valence-electron chi connectivity index (χ4n) is 3.12. The summed E-state index contributed by atoms with van der Waals surface area (Å²) < 4.78 is 15.0. The number of hydrogen-bond acceptors (Lipinski definition) is 3. The first-order chi connectivity index (χ1) is 9.24. The molecule has 2 heterocycles. The molecule has 102 valence electrons. The molecule has 4 heteroatoms. The molecule has 0 radical (unpaired) electrons. The fourth-order valence-corrected chi connectivity index (χ4v) is 3.12. The van der Waals surface area contributed by atoms with Crippen molar-refractivity contribution >= 4 is 6.29 Å². The molecular formula is C15H19FN2O. The monoisotopic (exact) mass is 262 g/mol. The van der Waals surface area contributed by atoms with E-state index in [1.807, 2.05) is 12.1 Å². The lowest BCUT2D eigenvalue weighted by Crippen LogP contribution is -2.46. The fraction of sp³-hybridized carbons (Fsp3) is 0.533. The zero-order chi connectivity index (χ0) is 13.3. The van der Waals surface area contributed by atoms with Gasteiger partial charge in [-0.15, -0.1) is 0 Å². The molecule has 1 fully saturated rings. The van der Waals surface area contributed by atoms with E-state index in [4.69, 9.17) is 0 Å². The number of fused-ring (bicyclic) bond motifs is 1. The molecule has 0 aliphatic carbocycles. The molecule has 2 aliphatic rings. The summed E-state index contributed by atoms with van der Waals surface area (Å²) in [6.07, 6.45) is 4.04. The van der Waals surface area contributed by atoms with Gasteiger partial charge in [0.15, 0.2) is 6.29 Å². The summed E-state index contributed by atoms with van der Waals surface area (Å²) in [5, 5.41) is 0. The first kappa shape index (κ1) is 12.8. The first-order valence-electron chi connectivity index (χ1n) is 6.95. The topological polar surface area (TPSA) is 23.6 Å². The quantitative estimate of drug-likeness (QED) is 0.616. The molecule has 0 amide bonds. The van der Waals surface area contributed by atoms with Gasteiger partial charge < -0.3 is 0 Å². The number of hydrogen-bond donors (Lipinski definition) is 0. The predicted molar refractivity (Wildman–Crippen MR) is 71.1 cm³/mol. The standard InChI is InChI=1S/C15H19FN2O/c16-15(11-19)14-7-3-2-6-13(14)10-18(15)12-17-8-4-1-5-9-17/h2-3,6-7,11H,1,4-5,8-10,12H2. The van der Waals surface area contributed by atoms with Gasteiger partial charge in [-0.3, -0.25) is 9.69 Å². The Morgan fingerprint density at radius 1 is 1.21 bits per heavy atom. The van der Waals surface area contributed by atoms with Crippen LogP contribution in [0.2, 0.25) is 0 Å². The molecule has 0 saturated carbocycles. The SMILES string of the molecule is O=CC1(F)c2ccccc2CN1CN1CCCCC1. The molecule has 0 aromatic heterocycles. The number of aldehydes is 1. The highest BCUT2D eigenvalue weighted by molar-refractivity contribution is 5.68. The number of carbonyl (C=O) groups excluding carboxylic acids is 1. The van der Waals surface area contributed by atoms with Crippen LogP contribution in [0.1, 0.15) is 30.4 Å². The molecule has 1 aromatic carbocycles. The Bertz CT molecular complexity index is 473. The molecule has 3 rings (SSSR count). The van der Waals surface area contributed by atoms with Crippen LogP contribution >= 0.6 is 0 Å². The van der Waals surface area contributed by atoms with Gasteiger partial charge in [-0.1, -0.05) is 30.7 Å². The van der Waals surface area contributed by atoms with Crippen molar-refractivity contribution in [2.75, 3.05) is 19.8 Å². The molecule has 1 aromatic rings. The van der Waals surface area contributed by atoms with E-state index in [9.17, 15) is 9.18 Å². The van der Waals surface area contributed by atoms with Crippen LogP contribution in [0.3, 0.4) is 0 Å². The van der Waals surface area contributed by atoms with Gasteiger partial charge in [-0.2, -0.15) is 0 Å². The second-order valence-corrected chi connectivity index (χ2v) is 5.47. The van der Waals surface area contributed by atoms with Gasteiger partial charge >= 0.3 is 0 Å². The lowest BCUT2D eigenvalue weighted by atomic mass is 10.0. The Balaban J connectivity index is 1.81. The number of likely N-dealkylation sites (tertiary alicyclic amines) is 1. The highest BCUT2D eigenvalue weighted by Gasteiger charge is 2.46. The summed E-state index contributed by atoms with van der Waals surface area (Å²) in [7, 11) is 0. The van der Waals surface area contributed by atoms with Gasteiger partial charge in [0.2, 0.25) is 5.79 Å². The lowest BCUT2D eigenvalue weighted by Gasteiger charge is -2.34. The molecule has 1 saturated heterocycles. The summed E-state index contributed by atoms with van der Waals surface area (Å²) >= 11 is 0. The Hall–Kier alpha value is -1.26. The third-order valence-corrected chi connectivity index (χ3v) is 4.19. The minimum Gasteiger partial charge on any atom is -0.298 e. The van der Waals surface area contributed by atoms with Crippen LogP contribution in [-0.2, 0) is 17.1 Å². The number of halogens is 1. The molecular weight excluding hydrogens is 243 g/mol. The van der Waals surface area contributed by atoms with E-state index in [1.54, 1.807) is 17.0 Å². The van der Waals surface area contributed by atoms with Crippen LogP contribution < -0.4 is 0 Å². The van der Waals surface area contributed by atoms with E-state index in [2.05, 4.69) is 4.90 Å². The van der Waals surface area contributed by atoms with Crippen molar-refractivity contribution in [3.8, 4) is 0 Å². The van der Waals surface area contributed by atoms with E-state index in [0.29, 0.717) is 25.1 Å². The van der Waals surface area contributed by atoms with Crippen molar-refractivity contribution in [2.45, 2.75) is 31.6 Å². The highest BCUT2D eigenvalue weighted by atomic mass is 19.1. The summed E-state index contributed by atoms with van der Waals surface area (Å²) in [4.78, 5) is 15.2. The maximum absolute atomic E-state index is 15.0. The van der Waals surface area contributed by atoms with E-state index in [-0.39, 0.29) is 0 Å². The average Bonchev–Trinajstić information content (AvgIpc) is 2.74. The molecule has 3 nitrogen and oxygen atoms in total. The third-order valence-electron chi connectivity index (χ3n) is 4.19. The molecule has 2 aliphatic heterocycles. The second-order valence-electron chi connectivity index (χ2n) is 5.47. The largest absolute Gasteiger partial charge is 0.298 e. The van der Waals surface area contributed by atoms with Gasteiger partial charge in [-0.05, 0) is 31.5 Å². The number of piperidine rings is 1. The van der Waals surface area contributed by atoms with E-state index in [1.165, 1.54) is 19.3 Å².